The Kier molecular flexibility index (Phi) is 6.98. The van der Waals surface area contributed by atoms with Crippen LogP contribution in [0.15, 0.2) is 83.7 Å². The molecule has 1 fully saturated rings. The van der Waals surface area contributed by atoms with E-state index in [4.69, 9.17) is 9.72 Å². The number of ether oxygens (including phenoxy) is 1. The molecule has 1 aromatic heterocycles. The average Bonchev–Trinajstić information content (AvgIpc) is 2.94. The first-order valence-corrected chi connectivity index (χ1v) is 12.3. The Morgan fingerprint density at radius 1 is 1.00 bits per heavy atom. The van der Waals surface area contributed by atoms with Gasteiger partial charge in [0.15, 0.2) is 5.82 Å². The van der Waals surface area contributed by atoms with Gasteiger partial charge in [-0.25, -0.2) is 4.98 Å². The van der Waals surface area contributed by atoms with Crippen molar-refractivity contribution in [2.24, 2.45) is 5.92 Å². The first-order valence-electron chi connectivity index (χ1n) is 12.3. The molecule has 5 rings (SSSR count). The minimum Gasteiger partial charge on any atom is -0.497 e. The zero-order valence-electron chi connectivity index (χ0n) is 20.4. The first kappa shape index (κ1) is 23.6. The summed E-state index contributed by atoms with van der Waals surface area (Å²) < 4.78 is 6.99. The Morgan fingerprint density at radius 3 is 2.53 bits per heavy atom. The topological polar surface area (TPSA) is 76.5 Å². The summed E-state index contributed by atoms with van der Waals surface area (Å²) in [6.45, 7) is 2.10. The van der Waals surface area contributed by atoms with Crippen molar-refractivity contribution in [2.45, 2.75) is 25.9 Å². The van der Waals surface area contributed by atoms with E-state index in [0.29, 0.717) is 32.0 Å². The molecule has 7 heteroatoms. The largest absolute Gasteiger partial charge is 0.497 e. The molecular weight excluding hydrogens is 452 g/mol. The number of hydrogen-bond acceptors (Lipinski definition) is 5. The molecule has 4 aromatic rings. The molecular formula is C29H30N4O3. The van der Waals surface area contributed by atoms with Gasteiger partial charge in [0.05, 0.1) is 30.6 Å². The smallest absolute Gasteiger partial charge is 0.294 e. The molecule has 184 valence electrons. The number of amides is 1. The predicted octanol–water partition coefficient (Wildman–Crippen LogP) is 3.99. The molecule has 0 bridgehead atoms. The number of nitrogens with one attached hydrogen (secondary N) is 1. The van der Waals surface area contributed by atoms with Gasteiger partial charge in [0, 0.05) is 19.6 Å². The molecule has 0 aliphatic carbocycles. The van der Waals surface area contributed by atoms with Gasteiger partial charge >= 0.3 is 0 Å². The van der Waals surface area contributed by atoms with Crippen LogP contribution in [0, 0.1) is 5.92 Å². The summed E-state index contributed by atoms with van der Waals surface area (Å²) in [5.74, 6) is 0.999. The fourth-order valence-corrected chi connectivity index (χ4v) is 4.77. The summed E-state index contributed by atoms with van der Waals surface area (Å²) >= 11 is 0. The second-order valence-electron chi connectivity index (χ2n) is 9.15. The number of nitrogens with zero attached hydrogens (tertiary/aromatic N) is 3. The van der Waals surface area contributed by atoms with Crippen LogP contribution in [-0.4, -0.2) is 35.7 Å². The molecule has 1 aliphatic rings. The summed E-state index contributed by atoms with van der Waals surface area (Å²) in [5.41, 5.74) is 3.51. The van der Waals surface area contributed by atoms with Crippen LogP contribution in [-0.2, 0) is 17.9 Å². The molecule has 1 atom stereocenters. The lowest BCUT2D eigenvalue weighted by molar-refractivity contribution is -0.125. The van der Waals surface area contributed by atoms with Gasteiger partial charge in [-0.15, -0.1) is 0 Å². The van der Waals surface area contributed by atoms with Crippen molar-refractivity contribution in [1.29, 1.82) is 0 Å². The predicted molar refractivity (Wildman–Crippen MR) is 141 cm³/mol. The van der Waals surface area contributed by atoms with Gasteiger partial charge in [0.25, 0.3) is 5.56 Å². The highest BCUT2D eigenvalue weighted by molar-refractivity contribution is 5.80. The highest BCUT2D eigenvalue weighted by Crippen LogP contribution is 2.22. The van der Waals surface area contributed by atoms with Gasteiger partial charge < -0.3 is 15.0 Å². The minimum atomic E-state index is -0.202. The van der Waals surface area contributed by atoms with Gasteiger partial charge in [0.2, 0.25) is 5.91 Å². The summed E-state index contributed by atoms with van der Waals surface area (Å²) in [4.78, 5) is 33.4. The third kappa shape index (κ3) is 5.10. The molecule has 36 heavy (non-hydrogen) atoms. The lowest BCUT2D eigenvalue weighted by Crippen LogP contribution is -2.45. The average molecular weight is 483 g/mol. The van der Waals surface area contributed by atoms with Gasteiger partial charge in [-0.1, -0.05) is 54.6 Å². The van der Waals surface area contributed by atoms with Crippen LogP contribution in [0.4, 0.5) is 5.82 Å². The Bertz CT molecular complexity index is 1400. The van der Waals surface area contributed by atoms with Crippen LogP contribution < -0.4 is 20.5 Å². The zero-order chi connectivity index (χ0) is 24.9. The van der Waals surface area contributed by atoms with Crippen molar-refractivity contribution in [3.05, 3.63) is 100 Å². The summed E-state index contributed by atoms with van der Waals surface area (Å²) in [5, 5.41) is 3.06. The highest BCUT2D eigenvalue weighted by Gasteiger charge is 2.28. The molecule has 1 amide bonds. The van der Waals surface area contributed by atoms with Crippen LogP contribution in [0.25, 0.3) is 11.0 Å². The Hall–Kier alpha value is -4.13. The van der Waals surface area contributed by atoms with Crippen molar-refractivity contribution in [2.75, 3.05) is 25.1 Å². The van der Waals surface area contributed by atoms with E-state index in [2.05, 4.69) is 5.32 Å². The molecule has 1 unspecified atom stereocenters. The number of aromatic nitrogens is 2. The Labute approximate surface area is 210 Å². The molecule has 3 aromatic carbocycles. The number of hydrogen-bond donors (Lipinski definition) is 1. The quantitative estimate of drug-likeness (QED) is 0.431. The fraction of sp³-hybridized carbons (Fsp3) is 0.276. The number of piperidine rings is 1. The number of anilines is 1. The zero-order valence-corrected chi connectivity index (χ0v) is 20.4. The molecule has 0 radical (unpaired) electrons. The lowest BCUT2D eigenvalue weighted by atomic mass is 9.97. The third-order valence-corrected chi connectivity index (χ3v) is 6.74. The molecule has 0 saturated carbocycles. The maximum atomic E-state index is 13.7. The van der Waals surface area contributed by atoms with Gasteiger partial charge in [0.1, 0.15) is 5.75 Å². The fourth-order valence-electron chi connectivity index (χ4n) is 4.77. The standard InChI is InChI=1S/C29H30N4O3/c1-36-24-15-13-21(14-16-24)18-30-28(34)23-10-7-17-32(20-23)27-29(35)33(19-22-8-3-2-4-9-22)26-12-6-5-11-25(26)31-27/h2-6,8-9,11-16,23H,7,10,17-20H2,1H3,(H,30,34). The first-order chi connectivity index (χ1) is 17.6. The second-order valence-corrected chi connectivity index (χ2v) is 9.15. The molecule has 0 spiro atoms. The van der Waals surface area contributed by atoms with Crippen LogP contribution in [0.1, 0.15) is 24.0 Å². The second kappa shape index (κ2) is 10.6. The van der Waals surface area contributed by atoms with E-state index >= 15 is 0 Å². The molecule has 1 saturated heterocycles. The van der Waals surface area contributed by atoms with E-state index in [1.807, 2.05) is 83.8 Å². The van der Waals surface area contributed by atoms with E-state index in [9.17, 15) is 9.59 Å². The van der Waals surface area contributed by atoms with Crippen molar-refractivity contribution >= 4 is 22.8 Å². The maximum absolute atomic E-state index is 13.7. The van der Waals surface area contributed by atoms with Crippen molar-refractivity contribution < 1.29 is 9.53 Å². The van der Waals surface area contributed by atoms with E-state index in [0.717, 1.165) is 40.8 Å². The molecule has 1 N–H and O–H groups in total. The SMILES string of the molecule is COc1ccc(CNC(=O)C2CCCN(c3nc4ccccc4n(Cc4ccccc4)c3=O)C2)cc1. The van der Waals surface area contributed by atoms with Crippen LogP contribution in [0.5, 0.6) is 5.75 Å². The van der Waals surface area contributed by atoms with E-state index in [1.54, 1.807) is 11.7 Å². The molecule has 1 aliphatic heterocycles. The number of para-hydroxylation sites is 2. The minimum absolute atomic E-state index is 0.000850. The van der Waals surface area contributed by atoms with Gasteiger partial charge in [-0.05, 0) is 48.2 Å². The summed E-state index contributed by atoms with van der Waals surface area (Å²) in [6.07, 6.45) is 1.62. The number of fused-ring (bicyclic) bond motifs is 1. The number of rotatable bonds is 7. The number of carbonyl (C=O) groups excluding carboxylic acids is 1. The Balaban J connectivity index is 1.36. The number of carbonyl (C=O) groups is 1. The maximum Gasteiger partial charge on any atom is 0.294 e. The lowest BCUT2D eigenvalue weighted by Gasteiger charge is -2.32. The van der Waals surface area contributed by atoms with Crippen LogP contribution in [0.2, 0.25) is 0 Å². The monoisotopic (exact) mass is 482 g/mol. The van der Waals surface area contributed by atoms with Gasteiger partial charge in [-0.3, -0.25) is 14.2 Å². The number of benzene rings is 3. The van der Waals surface area contributed by atoms with Gasteiger partial charge in [-0.2, -0.15) is 0 Å². The third-order valence-electron chi connectivity index (χ3n) is 6.74. The van der Waals surface area contributed by atoms with Crippen LogP contribution >= 0.6 is 0 Å². The highest BCUT2D eigenvalue weighted by atomic mass is 16.5. The van der Waals surface area contributed by atoms with E-state index in [1.165, 1.54) is 0 Å². The van der Waals surface area contributed by atoms with Crippen molar-refractivity contribution in [3.8, 4) is 5.75 Å². The van der Waals surface area contributed by atoms with Crippen LogP contribution in [0.3, 0.4) is 0 Å². The van der Waals surface area contributed by atoms with E-state index < -0.39 is 0 Å². The number of methoxy groups -OCH3 is 1. The Morgan fingerprint density at radius 2 is 1.75 bits per heavy atom. The summed E-state index contributed by atoms with van der Waals surface area (Å²) in [6, 6.07) is 25.3. The normalized spacial score (nSPS) is 15.6. The summed E-state index contributed by atoms with van der Waals surface area (Å²) in [7, 11) is 1.63. The molecule has 2 heterocycles. The van der Waals surface area contributed by atoms with Crippen molar-refractivity contribution in [1.82, 2.24) is 14.9 Å². The van der Waals surface area contributed by atoms with Crippen molar-refractivity contribution in [3.63, 3.8) is 0 Å². The van der Waals surface area contributed by atoms with E-state index in [-0.39, 0.29) is 17.4 Å². The molecule has 7 nitrogen and oxygen atoms in total.